The largest absolute Gasteiger partial charge is 0.391 e. The highest BCUT2D eigenvalue weighted by Crippen LogP contribution is 2.27. The molecule has 0 radical (unpaired) electrons. The van der Waals surface area contributed by atoms with E-state index in [1.807, 2.05) is 0 Å². The van der Waals surface area contributed by atoms with Crippen molar-refractivity contribution in [2.45, 2.75) is 12.5 Å². The van der Waals surface area contributed by atoms with Gasteiger partial charge in [0.2, 0.25) is 0 Å². The predicted molar refractivity (Wildman–Crippen MR) is 80.5 cm³/mol. The lowest BCUT2D eigenvalue weighted by molar-refractivity contribution is 0.0769. The molecule has 3 rings (SSSR count). The van der Waals surface area contributed by atoms with Crippen LogP contribution in [0.3, 0.4) is 0 Å². The van der Waals surface area contributed by atoms with Crippen LogP contribution in [-0.4, -0.2) is 45.1 Å². The van der Waals surface area contributed by atoms with Crippen LogP contribution in [0.1, 0.15) is 15.4 Å². The number of thiophene rings is 1. The van der Waals surface area contributed by atoms with Crippen LogP contribution in [0.5, 0.6) is 0 Å². The van der Waals surface area contributed by atoms with Crippen LogP contribution in [0, 0.1) is 5.92 Å². The maximum atomic E-state index is 12.4. The van der Waals surface area contributed by atoms with Gasteiger partial charge in [-0.05, 0) is 17.9 Å². The fourth-order valence-corrected chi connectivity index (χ4v) is 3.62. The minimum atomic E-state index is -0.547. The third-order valence-corrected chi connectivity index (χ3v) is 4.92. The van der Waals surface area contributed by atoms with E-state index in [1.165, 1.54) is 11.3 Å². The van der Waals surface area contributed by atoms with Gasteiger partial charge in [-0.25, -0.2) is 0 Å². The second-order valence-electron chi connectivity index (χ2n) is 5.04. The SMILES string of the molecule is O=C(c1sccc1Cl)N1C[C@@H](Cc2cnccn2)[C@H](O)C1. The maximum Gasteiger partial charge on any atom is 0.265 e. The molecule has 0 saturated carbocycles. The van der Waals surface area contributed by atoms with E-state index in [2.05, 4.69) is 9.97 Å². The van der Waals surface area contributed by atoms with Crippen molar-refractivity contribution in [3.05, 3.63) is 45.6 Å². The summed E-state index contributed by atoms with van der Waals surface area (Å²) < 4.78 is 0. The number of carbonyl (C=O) groups excluding carboxylic acids is 1. The summed E-state index contributed by atoms with van der Waals surface area (Å²) in [6.45, 7) is 0.836. The average Bonchev–Trinajstić information content (AvgIpc) is 3.06. The lowest BCUT2D eigenvalue weighted by atomic mass is 10.0. The van der Waals surface area contributed by atoms with Crippen molar-refractivity contribution in [1.29, 1.82) is 0 Å². The monoisotopic (exact) mass is 323 g/mol. The molecule has 0 aliphatic carbocycles. The van der Waals surface area contributed by atoms with E-state index in [-0.39, 0.29) is 11.8 Å². The molecule has 110 valence electrons. The Labute approximate surface area is 131 Å². The first-order valence-corrected chi connectivity index (χ1v) is 7.86. The van der Waals surface area contributed by atoms with E-state index in [0.717, 1.165) is 5.69 Å². The highest BCUT2D eigenvalue weighted by Gasteiger charge is 2.35. The molecule has 21 heavy (non-hydrogen) atoms. The number of nitrogens with zero attached hydrogens (tertiary/aromatic N) is 3. The van der Waals surface area contributed by atoms with Crippen LogP contribution >= 0.6 is 22.9 Å². The topological polar surface area (TPSA) is 66.3 Å². The lowest BCUT2D eigenvalue weighted by Gasteiger charge is -2.15. The first kappa shape index (κ1) is 14.4. The number of aliphatic hydroxyl groups is 1. The third-order valence-electron chi connectivity index (χ3n) is 3.59. The Morgan fingerprint density at radius 3 is 3.00 bits per heavy atom. The zero-order valence-electron chi connectivity index (χ0n) is 11.1. The molecule has 0 aromatic carbocycles. The van der Waals surface area contributed by atoms with Gasteiger partial charge in [0.1, 0.15) is 4.88 Å². The fourth-order valence-electron chi connectivity index (χ4n) is 2.51. The van der Waals surface area contributed by atoms with E-state index >= 15 is 0 Å². The van der Waals surface area contributed by atoms with Gasteiger partial charge in [-0.15, -0.1) is 11.3 Å². The Bertz CT molecular complexity index is 634. The number of halogens is 1. The summed E-state index contributed by atoms with van der Waals surface area (Å²) in [4.78, 5) is 22.8. The quantitative estimate of drug-likeness (QED) is 0.936. The van der Waals surface area contributed by atoms with Gasteiger partial charge >= 0.3 is 0 Å². The molecule has 7 heteroatoms. The van der Waals surface area contributed by atoms with Crippen LogP contribution in [0.15, 0.2) is 30.0 Å². The fraction of sp³-hybridized carbons (Fsp3) is 0.357. The molecule has 5 nitrogen and oxygen atoms in total. The van der Waals surface area contributed by atoms with E-state index in [0.29, 0.717) is 29.4 Å². The zero-order valence-corrected chi connectivity index (χ0v) is 12.7. The first-order chi connectivity index (χ1) is 10.1. The number of hydrogen-bond donors (Lipinski definition) is 1. The molecule has 1 N–H and O–H groups in total. The van der Waals surface area contributed by atoms with Gasteiger partial charge in [-0.1, -0.05) is 11.6 Å². The summed E-state index contributed by atoms with van der Waals surface area (Å²) in [5, 5.41) is 12.4. The highest BCUT2D eigenvalue weighted by atomic mass is 35.5. The number of rotatable bonds is 3. The predicted octanol–water partition coefficient (Wildman–Crippen LogP) is 1.87. The summed E-state index contributed by atoms with van der Waals surface area (Å²) in [6, 6.07) is 1.71. The van der Waals surface area contributed by atoms with E-state index in [9.17, 15) is 9.90 Å². The van der Waals surface area contributed by atoms with E-state index < -0.39 is 6.10 Å². The number of β-amino-alcohol motifs (C(OH)–C–C–N with tert-alkyl or cyclic N) is 1. The first-order valence-electron chi connectivity index (χ1n) is 6.60. The smallest absolute Gasteiger partial charge is 0.265 e. The third kappa shape index (κ3) is 3.07. The van der Waals surface area contributed by atoms with E-state index in [1.54, 1.807) is 34.9 Å². The van der Waals surface area contributed by atoms with Gasteiger partial charge < -0.3 is 10.0 Å². The Balaban J connectivity index is 1.69. The Kier molecular flexibility index (Phi) is 4.19. The molecule has 3 heterocycles. The normalized spacial score (nSPS) is 21.7. The standard InChI is InChI=1S/C14H14ClN3O2S/c15-11-1-4-21-13(11)14(20)18-7-9(12(19)8-18)5-10-6-16-2-3-17-10/h1-4,6,9,12,19H,5,7-8H2/t9-,12-/m1/s1. The van der Waals surface area contributed by atoms with Crippen LogP contribution in [0.4, 0.5) is 0 Å². The minimum Gasteiger partial charge on any atom is -0.391 e. The lowest BCUT2D eigenvalue weighted by Crippen LogP contribution is -2.29. The molecule has 1 aliphatic heterocycles. The van der Waals surface area contributed by atoms with Gasteiger partial charge in [0.25, 0.3) is 5.91 Å². The van der Waals surface area contributed by atoms with Crippen molar-refractivity contribution in [3.63, 3.8) is 0 Å². The zero-order chi connectivity index (χ0) is 14.8. The summed E-state index contributed by atoms with van der Waals surface area (Å²) in [7, 11) is 0. The van der Waals surface area contributed by atoms with Crippen molar-refractivity contribution in [2.75, 3.05) is 13.1 Å². The molecule has 0 unspecified atom stereocenters. The molecule has 1 amide bonds. The molecule has 2 aromatic rings. The molecule has 0 bridgehead atoms. The van der Waals surface area contributed by atoms with Gasteiger partial charge in [-0.2, -0.15) is 0 Å². The van der Waals surface area contributed by atoms with E-state index in [4.69, 9.17) is 11.6 Å². The maximum absolute atomic E-state index is 12.4. The summed E-state index contributed by atoms with van der Waals surface area (Å²) in [6.07, 6.45) is 4.99. The van der Waals surface area contributed by atoms with Gasteiger partial charge in [0, 0.05) is 37.6 Å². The van der Waals surface area contributed by atoms with Crippen molar-refractivity contribution >= 4 is 28.8 Å². The number of amides is 1. The summed E-state index contributed by atoms with van der Waals surface area (Å²) in [5.74, 6) is -0.139. The van der Waals surface area contributed by atoms with Crippen LogP contribution in [-0.2, 0) is 6.42 Å². The Hall–Kier alpha value is -1.50. The minimum absolute atomic E-state index is 0.0237. The number of hydrogen-bond acceptors (Lipinski definition) is 5. The molecule has 1 saturated heterocycles. The Morgan fingerprint density at radius 1 is 1.48 bits per heavy atom. The molecule has 2 atom stereocenters. The molecule has 2 aromatic heterocycles. The summed E-state index contributed by atoms with van der Waals surface area (Å²) >= 11 is 7.32. The van der Waals surface area contributed by atoms with Gasteiger partial charge in [-0.3, -0.25) is 14.8 Å². The number of likely N-dealkylation sites (tertiary alicyclic amines) is 1. The van der Waals surface area contributed by atoms with Crippen LogP contribution < -0.4 is 0 Å². The second kappa shape index (κ2) is 6.09. The van der Waals surface area contributed by atoms with Crippen molar-refractivity contribution < 1.29 is 9.90 Å². The molecular weight excluding hydrogens is 310 g/mol. The van der Waals surface area contributed by atoms with Crippen LogP contribution in [0.25, 0.3) is 0 Å². The Morgan fingerprint density at radius 2 is 2.33 bits per heavy atom. The van der Waals surface area contributed by atoms with Gasteiger partial charge in [0.15, 0.2) is 0 Å². The number of aromatic nitrogens is 2. The molecule has 1 fully saturated rings. The molecular formula is C14H14ClN3O2S. The van der Waals surface area contributed by atoms with Gasteiger partial charge in [0.05, 0.1) is 16.8 Å². The highest BCUT2D eigenvalue weighted by molar-refractivity contribution is 7.12. The second-order valence-corrected chi connectivity index (χ2v) is 6.36. The average molecular weight is 324 g/mol. The van der Waals surface area contributed by atoms with Crippen molar-refractivity contribution in [1.82, 2.24) is 14.9 Å². The molecule has 0 spiro atoms. The number of aliphatic hydroxyl groups excluding tert-OH is 1. The molecule has 1 aliphatic rings. The van der Waals surface area contributed by atoms with Crippen molar-refractivity contribution in [2.24, 2.45) is 5.92 Å². The van der Waals surface area contributed by atoms with Crippen LogP contribution in [0.2, 0.25) is 5.02 Å². The summed E-state index contributed by atoms with van der Waals surface area (Å²) in [5.41, 5.74) is 0.824. The van der Waals surface area contributed by atoms with Crippen molar-refractivity contribution in [3.8, 4) is 0 Å². The number of carbonyl (C=O) groups is 1.